The van der Waals surface area contributed by atoms with Gasteiger partial charge in [-0.15, -0.1) is 0 Å². The maximum absolute atomic E-state index is 12.4. The summed E-state index contributed by atoms with van der Waals surface area (Å²) >= 11 is 7.29. The van der Waals surface area contributed by atoms with Crippen LogP contribution in [0, 0.1) is 0 Å². The van der Waals surface area contributed by atoms with Crippen molar-refractivity contribution in [3.8, 4) is 0 Å². The fourth-order valence-corrected chi connectivity index (χ4v) is 4.04. The summed E-state index contributed by atoms with van der Waals surface area (Å²) in [6, 6.07) is 10.2. The van der Waals surface area contributed by atoms with Gasteiger partial charge in [-0.3, -0.25) is 4.79 Å². The standard InChI is InChI=1S/C18H17ClN4OS/c19-12-8-15-17(20-9-12)23-18(22-15)25-10-16(24)21-14-7-3-5-11-4-1-2-6-13(11)14/h1-2,4,6,8-9,14H,3,5,7,10H2,(H,21,24)(H,20,22,23)/t14-/m1/s1. The highest BCUT2D eigenvalue weighted by Crippen LogP contribution is 2.29. The maximum Gasteiger partial charge on any atom is 0.230 e. The lowest BCUT2D eigenvalue weighted by Crippen LogP contribution is -2.32. The maximum atomic E-state index is 12.4. The fraction of sp³-hybridized carbons (Fsp3) is 0.278. The number of H-pyrrole nitrogens is 1. The van der Waals surface area contributed by atoms with Crippen LogP contribution in [-0.4, -0.2) is 26.6 Å². The Morgan fingerprint density at radius 2 is 2.28 bits per heavy atom. The van der Waals surface area contributed by atoms with E-state index in [9.17, 15) is 4.79 Å². The van der Waals surface area contributed by atoms with Crippen LogP contribution >= 0.6 is 23.4 Å². The smallest absolute Gasteiger partial charge is 0.230 e. The lowest BCUT2D eigenvalue weighted by molar-refractivity contribution is -0.119. The van der Waals surface area contributed by atoms with Crippen LogP contribution in [0.4, 0.5) is 0 Å². The molecule has 0 saturated carbocycles. The van der Waals surface area contributed by atoms with E-state index < -0.39 is 0 Å². The molecular formula is C18H17ClN4OS. The Morgan fingerprint density at radius 1 is 1.40 bits per heavy atom. The molecule has 2 aromatic heterocycles. The summed E-state index contributed by atoms with van der Waals surface area (Å²) < 4.78 is 0. The molecule has 7 heteroatoms. The first-order valence-corrected chi connectivity index (χ1v) is 9.56. The molecule has 0 unspecified atom stereocenters. The Labute approximate surface area is 154 Å². The number of aromatic nitrogens is 3. The molecule has 0 fully saturated rings. The van der Waals surface area contributed by atoms with Gasteiger partial charge in [0, 0.05) is 6.20 Å². The molecule has 0 spiro atoms. The minimum atomic E-state index is 0.0122. The molecular weight excluding hydrogens is 356 g/mol. The highest BCUT2D eigenvalue weighted by molar-refractivity contribution is 7.99. The molecule has 4 rings (SSSR count). The first kappa shape index (κ1) is 16.4. The average molecular weight is 373 g/mol. The number of hydrogen-bond acceptors (Lipinski definition) is 4. The van der Waals surface area contributed by atoms with Crippen LogP contribution in [0.1, 0.15) is 30.0 Å². The molecule has 1 aromatic carbocycles. The first-order chi connectivity index (χ1) is 12.2. The Kier molecular flexibility index (Phi) is 4.63. The second-order valence-corrected chi connectivity index (χ2v) is 7.47. The predicted molar refractivity (Wildman–Crippen MR) is 99.9 cm³/mol. The Balaban J connectivity index is 1.39. The number of imidazole rings is 1. The van der Waals surface area contributed by atoms with Crippen molar-refractivity contribution < 1.29 is 4.79 Å². The highest BCUT2D eigenvalue weighted by Gasteiger charge is 2.21. The summed E-state index contributed by atoms with van der Waals surface area (Å²) in [7, 11) is 0. The van der Waals surface area contributed by atoms with Gasteiger partial charge in [0.15, 0.2) is 10.8 Å². The zero-order valence-corrected chi connectivity index (χ0v) is 15.0. The van der Waals surface area contributed by atoms with Crippen molar-refractivity contribution in [3.05, 3.63) is 52.7 Å². The van der Waals surface area contributed by atoms with E-state index in [4.69, 9.17) is 11.6 Å². The lowest BCUT2D eigenvalue weighted by atomic mass is 9.88. The zero-order valence-electron chi connectivity index (χ0n) is 13.5. The summed E-state index contributed by atoms with van der Waals surface area (Å²) in [5, 5.41) is 4.38. The van der Waals surface area contributed by atoms with E-state index in [1.165, 1.54) is 22.9 Å². The molecule has 2 heterocycles. The van der Waals surface area contributed by atoms with Gasteiger partial charge in [0.05, 0.1) is 22.3 Å². The summed E-state index contributed by atoms with van der Waals surface area (Å²) in [5.41, 5.74) is 3.96. The summed E-state index contributed by atoms with van der Waals surface area (Å²) in [5.74, 6) is 0.324. The van der Waals surface area contributed by atoms with Gasteiger partial charge in [-0.25, -0.2) is 9.97 Å². The number of thioether (sulfide) groups is 1. The fourth-order valence-electron chi connectivity index (χ4n) is 3.19. The number of rotatable bonds is 4. The molecule has 0 bridgehead atoms. The normalized spacial score (nSPS) is 16.6. The summed E-state index contributed by atoms with van der Waals surface area (Å²) in [4.78, 5) is 24.0. The summed E-state index contributed by atoms with van der Waals surface area (Å²) in [6.45, 7) is 0. The number of fused-ring (bicyclic) bond motifs is 2. The van der Waals surface area contributed by atoms with Crippen LogP contribution in [-0.2, 0) is 11.2 Å². The molecule has 128 valence electrons. The number of nitrogens with zero attached hydrogens (tertiary/aromatic N) is 2. The van der Waals surface area contributed by atoms with Gasteiger partial charge in [-0.1, -0.05) is 47.6 Å². The predicted octanol–water partition coefficient (Wildman–Crippen LogP) is 3.90. The van der Waals surface area contributed by atoms with Crippen molar-refractivity contribution in [1.29, 1.82) is 0 Å². The minimum absolute atomic E-state index is 0.0122. The van der Waals surface area contributed by atoms with E-state index in [0.29, 0.717) is 21.6 Å². The number of pyridine rings is 1. The number of hydrogen-bond donors (Lipinski definition) is 2. The topological polar surface area (TPSA) is 70.7 Å². The van der Waals surface area contributed by atoms with Crippen molar-refractivity contribution in [1.82, 2.24) is 20.3 Å². The van der Waals surface area contributed by atoms with E-state index in [1.807, 2.05) is 6.07 Å². The first-order valence-electron chi connectivity index (χ1n) is 8.20. The third-order valence-corrected chi connectivity index (χ3v) is 5.41. The molecule has 2 N–H and O–H groups in total. The molecule has 5 nitrogen and oxygen atoms in total. The van der Waals surface area contributed by atoms with E-state index >= 15 is 0 Å². The second-order valence-electron chi connectivity index (χ2n) is 6.07. The molecule has 1 atom stereocenters. The molecule has 3 aromatic rings. The Hall–Kier alpha value is -2.05. The van der Waals surface area contributed by atoms with Crippen LogP contribution in [0.15, 0.2) is 41.7 Å². The second kappa shape index (κ2) is 7.06. The summed E-state index contributed by atoms with van der Waals surface area (Å²) in [6.07, 6.45) is 4.74. The molecule has 1 aliphatic rings. The third-order valence-electron chi connectivity index (χ3n) is 4.33. The number of amides is 1. The molecule has 0 aliphatic heterocycles. The van der Waals surface area contributed by atoms with Crippen molar-refractivity contribution in [2.45, 2.75) is 30.5 Å². The van der Waals surface area contributed by atoms with Gasteiger partial charge >= 0.3 is 0 Å². The number of aryl methyl sites for hydroxylation is 1. The number of benzene rings is 1. The molecule has 25 heavy (non-hydrogen) atoms. The number of aromatic amines is 1. The number of carbonyl (C=O) groups is 1. The average Bonchev–Trinajstić information content (AvgIpc) is 3.02. The molecule has 0 radical (unpaired) electrons. The van der Waals surface area contributed by atoms with E-state index in [2.05, 4.69) is 38.5 Å². The number of carbonyl (C=O) groups excluding carboxylic acids is 1. The SMILES string of the molecule is O=C(CSc1nc2ncc(Cl)cc2[nH]1)N[C@@H]1CCCc2ccccc21. The molecule has 0 saturated heterocycles. The van der Waals surface area contributed by atoms with E-state index in [1.54, 1.807) is 12.3 Å². The van der Waals surface area contributed by atoms with Crippen LogP contribution in [0.5, 0.6) is 0 Å². The van der Waals surface area contributed by atoms with Crippen molar-refractivity contribution in [2.24, 2.45) is 0 Å². The van der Waals surface area contributed by atoms with Gasteiger partial charge in [0.1, 0.15) is 0 Å². The van der Waals surface area contributed by atoms with Gasteiger partial charge < -0.3 is 10.3 Å². The number of halogens is 1. The zero-order chi connectivity index (χ0) is 17.2. The van der Waals surface area contributed by atoms with Crippen molar-refractivity contribution >= 4 is 40.4 Å². The van der Waals surface area contributed by atoms with Crippen molar-refractivity contribution in [3.63, 3.8) is 0 Å². The van der Waals surface area contributed by atoms with Crippen molar-refractivity contribution in [2.75, 3.05) is 5.75 Å². The van der Waals surface area contributed by atoms with Gasteiger partial charge in [0.25, 0.3) is 0 Å². The minimum Gasteiger partial charge on any atom is -0.349 e. The third kappa shape index (κ3) is 3.65. The van der Waals surface area contributed by atoms with Gasteiger partial charge in [0.2, 0.25) is 5.91 Å². The Bertz CT molecular complexity index is 926. The van der Waals surface area contributed by atoms with Gasteiger partial charge in [-0.05, 0) is 36.5 Å². The lowest BCUT2D eigenvalue weighted by Gasteiger charge is -2.26. The van der Waals surface area contributed by atoms with E-state index in [0.717, 1.165) is 24.8 Å². The van der Waals surface area contributed by atoms with Crippen LogP contribution in [0.25, 0.3) is 11.2 Å². The monoisotopic (exact) mass is 372 g/mol. The molecule has 1 amide bonds. The van der Waals surface area contributed by atoms with Gasteiger partial charge in [-0.2, -0.15) is 0 Å². The van der Waals surface area contributed by atoms with Crippen LogP contribution in [0.3, 0.4) is 0 Å². The number of nitrogens with one attached hydrogen (secondary N) is 2. The Morgan fingerprint density at radius 3 is 3.20 bits per heavy atom. The quantitative estimate of drug-likeness (QED) is 0.681. The molecule has 1 aliphatic carbocycles. The van der Waals surface area contributed by atoms with E-state index in [-0.39, 0.29) is 11.9 Å². The van der Waals surface area contributed by atoms with Crippen LogP contribution in [0.2, 0.25) is 5.02 Å². The van der Waals surface area contributed by atoms with Crippen LogP contribution < -0.4 is 5.32 Å². The highest BCUT2D eigenvalue weighted by atomic mass is 35.5. The largest absolute Gasteiger partial charge is 0.349 e.